The predicted molar refractivity (Wildman–Crippen MR) is 111 cm³/mol. The summed E-state index contributed by atoms with van der Waals surface area (Å²) in [7, 11) is 0. The maximum atomic E-state index is 12.8. The van der Waals surface area contributed by atoms with Gasteiger partial charge in [-0.15, -0.1) is 0 Å². The van der Waals surface area contributed by atoms with Crippen LogP contribution in [0.3, 0.4) is 0 Å². The van der Waals surface area contributed by atoms with Crippen LogP contribution in [0, 0.1) is 0 Å². The van der Waals surface area contributed by atoms with E-state index in [-0.39, 0.29) is 17.7 Å². The molecule has 0 aromatic heterocycles. The molecule has 0 bridgehead atoms. The first kappa shape index (κ1) is 19.5. The van der Waals surface area contributed by atoms with Gasteiger partial charge in [0.05, 0.1) is 11.3 Å². The lowest BCUT2D eigenvalue weighted by Crippen LogP contribution is -2.29. The second-order valence-corrected chi connectivity index (χ2v) is 7.87. The summed E-state index contributed by atoms with van der Waals surface area (Å²) >= 11 is 6.09. The summed E-state index contributed by atoms with van der Waals surface area (Å²) in [6, 6.07) is 12.4. The van der Waals surface area contributed by atoms with Gasteiger partial charge in [-0.3, -0.25) is 14.4 Å². The highest BCUT2D eigenvalue weighted by Crippen LogP contribution is 2.28. The Hall–Kier alpha value is -2.86. The number of benzene rings is 2. The number of anilines is 1. The molecule has 150 valence electrons. The van der Waals surface area contributed by atoms with E-state index in [1.165, 1.54) is 0 Å². The Kier molecular flexibility index (Phi) is 5.53. The third kappa shape index (κ3) is 4.59. The number of carbonyl (C=O) groups is 3. The minimum absolute atomic E-state index is 0.00128. The van der Waals surface area contributed by atoms with Crippen LogP contribution >= 0.6 is 11.6 Å². The van der Waals surface area contributed by atoms with Crippen molar-refractivity contribution < 1.29 is 14.4 Å². The van der Waals surface area contributed by atoms with Crippen molar-refractivity contribution in [3.63, 3.8) is 0 Å². The van der Waals surface area contributed by atoms with Crippen molar-refractivity contribution in [1.29, 1.82) is 0 Å². The van der Waals surface area contributed by atoms with Gasteiger partial charge in [-0.25, -0.2) is 0 Å². The molecule has 0 spiro atoms. The summed E-state index contributed by atoms with van der Waals surface area (Å²) in [5.41, 5.74) is 2.46. The van der Waals surface area contributed by atoms with Crippen LogP contribution in [-0.2, 0) is 11.3 Å². The third-order valence-corrected chi connectivity index (χ3v) is 5.39. The standard InChI is InChI=1S/C22H22ClN3O3/c23-16-7-10-18(19(12-16)26-11-1-2-20(26)27)22(29)24-13-14-3-5-15(6-4-14)21(28)25-17-8-9-17/h3-7,10,12,17H,1-2,8-9,11,13H2,(H,24,29)(H,25,28). The van der Waals surface area contributed by atoms with E-state index in [2.05, 4.69) is 10.6 Å². The van der Waals surface area contributed by atoms with Gasteiger partial charge in [-0.2, -0.15) is 0 Å². The largest absolute Gasteiger partial charge is 0.349 e. The number of amides is 3. The predicted octanol–water partition coefficient (Wildman–Crippen LogP) is 3.29. The van der Waals surface area contributed by atoms with E-state index in [1.807, 2.05) is 12.1 Å². The summed E-state index contributed by atoms with van der Waals surface area (Å²) in [5.74, 6) is -0.336. The zero-order chi connectivity index (χ0) is 20.4. The fourth-order valence-corrected chi connectivity index (χ4v) is 3.54. The van der Waals surface area contributed by atoms with E-state index in [4.69, 9.17) is 11.6 Å². The smallest absolute Gasteiger partial charge is 0.253 e. The van der Waals surface area contributed by atoms with E-state index in [0.29, 0.717) is 47.4 Å². The van der Waals surface area contributed by atoms with Crippen molar-refractivity contribution in [1.82, 2.24) is 10.6 Å². The Balaban J connectivity index is 1.42. The molecule has 2 aliphatic rings. The quantitative estimate of drug-likeness (QED) is 0.765. The van der Waals surface area contributed by atoms with Crippen molar-refractivity contribution in [3.8, 4) is 0 Å². The maximum absolute atomic E-state index is 12.8. The van der Waals surface area contributed by atoms with Gasteiger partial charge in [0.2, 0.25) is 5.91 Å². The molecule has 1 aliphatic heterocycles. The van der Waals surface area contributed by atoms with Crippen LogP contribution in [0.5, 0.6) is 0 Å². The van der Waals surface area contributed by atoms with Gasteiger partial charge in [-0.05, 0) is 55.2 Å². The van der Waals surface area contributed by atoms with Gasteiger partial charge in [0.25, 0.3) is 11.8 Å². The molecular weight excluding hydrogens is 390 g/mol. The van der Waals surface area contributed by atoms with Gasteiger partial charge in [-0.1, -0.05) is 23.7 Å². The third-order valence-electron chi connectivity index (χ3n) is 5.15. The molecule has 6 nitrogen and oxygen atoms in total. The minimum atomic E-state index is -0.271. The topological polar surface area (TPSA) is 78.5 Å². The number of carbonyl (C=O) groups excluding carboxylic acids is 3. The lowest BCUT2D eigenvalue weighted by molar-refractivity contribution is -0.117. The van der Waals surface area contributed by atoms with E-state index in [9.17, 15) is 14.4 Å². The second kappa shape index (κ2) is 8.25. The Morgan fingerprint density at radius 2 is 1.83 bits per heavy atom. The van der Waals surface area contributed by atoms with E-state index in [0.717, 1.165) is 24.8 Å². The van der Waals surface area contributed by atoms with Crippen LogP contribution in [0.2, 0.25) is 5.02 Å². The lowest BCUT2D eigenvalue weighted by Gasteiger charge is -2.19. The first-order valence-electron chi connectivity index (χ1n) is 9.79. The number of nitrogens with one attached hydrogen (secondary N) is 2. The van der Waals surface area contributed by atoms with Crippen molar-refractivity contribution >= 4 is 35.0 Å². The highest BCUT2D eigenvalue weighted by atomic mass is 35.5. The zero-order valence-electron chi connectivity index (χ0n) is 15.9. The highest BCUT2D eigenvalue weighted by Gasteiger charge is 2.26. The number of halogens is 1. The number of rotatable bonds is 6. The Bertz CT molecular complexity index is 954. The zero-order valence-corrected chi connectivity index (χ0v) is 16.7. The fourth-order valence-electron chi connectivity index (χ4n) is 3.37. The molecule has 7 heteroatoms. The molecule has 1 heterocycles. The molecule has 2 aromatic carbocycles. The average Bonchev–Trinajstić information content (AvgIpc) is 3.43. The van der Waals surface area contributed by atoms with Crippen molar-refractivity contribution in [2.45, 2.75) is 38.3 Å². The van der Waals surface area contributed by atoms with Gasteiger partial charge >= 0.3 is 0 Å². The molecule has 0 unspecified atom stereocenters. The summed E-state index contributed by atoms with van der Waals surface area (Å²) in [5, 5.41) is 6.32. The van der Waals surface area contributed by atoms with Crippen molar-refractivity contribution in [2.24, 2.45) is 0 Å². The van der Waals surface area contributed by atoms with Gasteiger partial charge < -0.3 is 15.5 Å². The van der Waals surface area contributed by atoms with Crippen LogP contribution in [0.25, 0.3) is 0 Å². The molecule has 29 heavy (non-hydrogen) atoms. The molecule has 2 fully saturated rings. The second-order valence-electron chi connectivity index (χ2n) is 7.44. The Morgan fingerprint density at radius 1 is 1.07 bits per heavy atom. The maximum Gasteiger partial charge on any atom is 0.253 e. The molecule has 4 rings (SSSR count). The summed E-state index contributed by atoms with van der Waals surface area (Å²) in [6.07, 6.45) is 3.35. The average molecular weight is 412 g/mol. The molecule has 0 radical (unpaired) electrons. The Labute approximate surface area is 174 Å². The lowest BCUT2D eigenvalue weighted by atomic mass is 10.1. The number of hydrogen-bond acceptors (Lipinski definition) is 3. The fraction of sp³-hybridized carbons (Fsp3) is 0.318. The Morgan fingerprint density at radius 3 is 2.48 bits per heavy atom. The van der Waals surface area contributed by atoms with E-state index >= 15 is 0 Å². The van der Waals surface area contributed by atoms with Crippen LogP contribution in [0.4, 0.5) is 5.69 Å². The molecule has 1 saturated heterocycles. The first-order chi connectivity index (χ1) is 14.0. The molecule has 0 atom stereocenters. The van der Waals surface area contributed by atoms with Gasteiger partial charge in [0.1, 0.15) is 0 Å². The van der Waals surface area contributed by atoms with Crippen molar-refractivity contribution in [3.05, 3.63) is 64.2 Å². The van der Waals surface area contributed by atoms with Crippen LogP contribution < -0.4 is 15.5 Å². The summed E-state index contributed by atoms with van der Waals surface area (Å²) in [4.78, 5) is 38.5. The summed E-state index contributed by atoms with van der Waals surface area (Å²) in [6.45, 7) is 0.906. The number of hydrogen-bond donors (Lipinski definition) is 2. The van der Waals surface area contributed by atoms with E-state index < -0.39 is 0 Å². The van der Waals surface area contributed by atoms with Crippen LogP contribution in [0.15, 0.2) is 42.5 Å². The number of nitrogens with zero attached hydrogens (tertiary/aromatic N) is 1. The molecule has 3 amide bonds. The molecular formula is C22H22ClN3O3. The molecule has 2 N–H and O–H groups in total. The normalized spacial score (nSPS) is 16.0. The van der Waals surface area contributed by atoms with Gasteiger partial charge in [0, 0.05) is 36.1 Å². The first-order valence-corrected chi connectivity index (χ1v) is 10.2. The van der Waals surface area contributed by atoms with E-state index in [1.54, 1.807) is 35.2 Å². The monoisotopic (exact) mass is 411 g/mol. The van der Waals surface area contributed by atoms with Crippen LogP contribution in [-0.4, -0.2) is 30.3 Å². The molecule has 1 saturated carbocycles. The van der Waals surface area contributed by atoms with Crippen LogP contribution in [0.1, 0.15) is 52.0 Å². The minimum Gasteiger partial charge on any atom is -0.349 e. The van der Waals surface area contributed by atoms with Gasteiger partial charge in [0.15, 0.2) is 0 Å². The molecule has 2 aromatic rings. The molecule has 1 aliphatic carbocycles. The highest BCUT2D eigenvalue weighted by molar-refractivity contribution is 6.31. The van der Waals surface area contributed by atoms with Crippen molar-refractivity contribution in [2.75, 3.05) is 11.4 Å². The summed E-state index contributed by atoms with van der Waals surface area (Å²) < 4.78 is 0. The SMILES string of the molecule is O=C(NC1CC1)c1ccc(CNC(=O)c2ccc(Cl)cc2N2CCCC2=O)cc1.